The number of amides is 1. The van der Waals surface area contributed by atoms with E-state index in [2.05, 4.69) is 4.90 Å². The van der Waals surface area contributed by atoms with Gasteiger partial charge in [0.2, 0.25) is 0 Å². The Labute approximate surface area is 148 Å². The fourth-order valence-corrected chi connectivity index (χ4v) is 4.28. The van der Waals surface area contributed by atoms with Crippen LogP contribution in [0.25, 0.3) is 11.0 Å². The van der Waals surface area contributed by atoms with Gasteiger partial charge in [-0.05, 0) is 51.3 Å². The van der Waals surface area contributed by atoms with Crippen LogP contribution in [0.3, 0.4) is 0 Å². The van der Waals surface area contributed by atoms with Gasteiger partial charge in [0.05, 0.1) is 11.7 Å². The summed E-state index contributed by atoms with van der Waals surface area (Å²) in [4.78, 5) is 17.3. The van der Waals surface area contributed by atoms with Crippen LogP contribution in [-0.2, 0) is 0 Å². The van der Waals surface area contributed by atoms with Gasteiger partial charge < -0.3 is 14.4 Å². The highest BCUT2D eigenvalue weighted by Crippen LogP contribution is 2.26. The van der Waals surface area contributed by atoms with Crippen LogP contribution in [0.1, 0.15) is 41.8 Å². The van der Waals surface area contributed by atoms with Crippen LogP contribution in [-0.4, -0.2) is 59.1 Å². The number of aryl methyl sites for hydroxylation is 1. The quantitative estimate of drug-likeness (QED) is 0.912. The molecule has 25 heavy (non-hydrogen) atoms. The van der Waals surface area contributed by atoms with Crippen molar-refractivity contribution in [3.63, 3.8) is 0 Å². The molecule has 2 saturated heterocycles. The van der Waals surface area contributed by atoms with E-state index in [9.17, 15) is 9.90 Å². The van der Waals surface area contributed by atoms with Crippen LogP contribution < -0.4 is 0 Å². The van der Waals surface area contributed by atoms with Crippen molar-refractivity contribution in [3.05, 3.63) is 35.6 Å². The molecule has 3 heterocycles. The van der Waals surface area contributed by atoms with E-state index in [-0.39, 0.29) is 12.0 Å². The van der Waals surface area contributed by atoms with Crippen molar-refractivity contribution in [1.29, 1.82) is 0 Å². The maximum atomic E-state index is 13.0. The molecule has 0 radical (unpaired) electrons. The molecule has 1 N–H and O–H groups in total. The molecule has 1 amide bonds. The zero-order chi connectivity index (χ0) is 17.4. The van der Waals surface area contributed by atoms with Gasteiger partial charge in [0, 0.05) is 31.1 Å². The molecule has 1 atom stereocenters. The van der Waals surface area contributed by atoms with Gasteiger partial charge in [0.25, 0.3) is 5.91 Å². The van der Waals surface area contributed by atoms with Gasteiger partial charge in [-0.3, -0.25) is 9.69 Å². The second kappa shape index (κ2) is 6.81. The zero-order valence-electron chi connectivity index (χ0n) is 14.8. The monoisotopic (exact) mass is 342 g/mol. The van der Waals surface area contributed by atoms with Gasteiger partial charge >= 0.3 is 0 Å². The minimum atomic E-state index is -0.187. The Balaban J connectivity index is 1.44. The van der Waals surface area contributed by atoms with Gasteiger partial charge in [-0.2, -0.15) is 0 Å². The molecule has 2 aliphatic rings. The number of carbonyl (C=O) groups is 1. The lowest BCUT2D eigenvalue weighted by Gasteiger charge is -2.41. The molecule has 4 rings (SSSR count). The number of hydrogen-bond donors (Lipinski definition) is 1. The topological polar surface area (TPSA) is 56.9 Å². The van der Waals surface area contributed by atoms with Crippen molar-refractivity contribution in [1.82, 2.24) is 9.80 Å². The summed E-state index contributed by atoms with van der Waals surface area (Å²) in [5.41, 5.74) is 1.36. The summed E-state index contributed by atoms with van der Waals surface area (Å²) in [6, 6.07) is 8.23. The van der Waals surface area contributed by atoms with E-state index in [0.29, 0.717) is 17.2 Å². The van der Waals surface area contributed by atoms with E-state index >= 15 is 0 Å². The first kappa shape index (κ1) is 16.6. The van der Waals surface area contributed by atoms with Gasteiger partial charge in [0.1, 0.15) is 11.3 Å². The Morgan fingerprint density at radius 3 is 2.76 bits per heavy atom. The number of aliphatic hydroxyl groups is 1. The van der Waals surface area contributed by atoms with E-state index in [1.54, 1.807) is 0 Å². The molecule has 5 nitrogen and oxygen atoms in total. The molecule has 134 valence electrons. The molecule has 0 saturated carbocycles. The first-order valence-electron chi connectivity index (χ1n) is 9.32. The first-order valence-corrected chi connectivity index (χ1v) is 9.32. The lowest BCUT2D eigenvalue weighted by Crippen LogP contribution is -2.50. The van der Waals surface area contributed by atoms with Gasteiger partial charge in [-0.25, -0.2) is 0 Å². The Hall–Kier alpha value is -1.85. The minimum Gasteiger partial charge on any atom is -0.461 e. The van der Waals surface area contributed by atoms with E-state index in [1.165, 1.54) is 0 Å². The van der Waals surface area contributed by atoms with Crippen LogP contribution >= 0.6 is 0 Å². The third kappa shape index (κ3) is 3.31. The highest BCUT2D eigenvalue weighted by atomic mass is 16.3. The normalized spacial score (nSPS) is 23.3. The van der Waals surface area contributed by atoms with Gasteiger partial charge in [-0.1, -0.05) is 12.1 Å². The van der Waals surface area contributed by atoms with E-state index < -0.39 is 0 Å². The molecule has 2 fully saturated rings. The molecule has 0 aliphatic carbocycles. The Morgan fingerprint density at radius 2 is 2.00 bits per heavy atom. The van der Waals surface area contributed by atoms with E-state index in [0.717, 1.165) is 63.0 Å². The molecule has 5 heteroatoms. The number of rotatable bonds is 2. The van der Waals surface area contributed by atoms with Crippen LogP contribution in [0, 0.1) is 6.92 Å². The van der Waals surface area contributed by atoms with Crippen LogP contribution in [0.15, 0.2) is 28.7 Å². The zero-order valence-corrected chi connectivity index (χ0v) is 14.8. The number of likely N-dealkylation sites (tertiary alicyclic amines) is 2. The average Bonchev–Trinajstić information content (AvgIpc) is 3.01. The van der Waals surface area contributed by atoms with Crippen molar-refractivity contribution in [2.75, 3.05) is 26.2 Å². The number of nitrogens with zero attached hydrogens (tertiary/aromatic N) is 2. The van der Waals surface area contributed by atoms with E-state index in [1.807, 2.05) is 36.1 Å². The molecular weight excluding hydrogens is 316 g/mol. The number of piperidine rings is 2. The molecular formula is C20H26N2O3. The summed E-state index contributed by atoms with van der Waals surface area (Å²) >= 11 is 0. The number of fused-ring (bicyclic) bond motifs is 1. The molecule has 0 unspecified atom stereocenters. The lowest BCUT2D eigenvalue weighted by atomic mass is 9.98. The van der Waals surface area contributed by atoms with Crippen molar-refractivity contribution >= 4 is 16.9 Å². The third-order valence-electron chi connectivity index (χ3n) is 5.59. The van der Waals surface area contributed by atoms with Crippen molar-refractivity contribution in [2.45, 2.75) is 44.8 Å². The Bertz CT molecular complexity index is 761. The third-order valence-corrected chi connectivity index (χ3v) is 5.59. The fraction of sp³-hybridized carbons (Fsp3) is 0.550. The molecule has 1 aromatic heterocycles. The number of benzene rings is 1. The molecule has 0 bridgehead atoms. The number of aliphatic hydroxyl groups excluding tert-OH is 1. The SMILES string of the molecule is Cc1cc2cccc(C(=O)N3CCC(N4CCC[C@@H](O)C4)CC3)c2o1. The second-order valence-corrected chi connectivity index (χ2v) is 7.40. The molecule has 2 aromatic rings. The maximum absolute atomic E-state index is 13.0. The molecule has 1 aromatic carbocycles. The average molecular weight is 342 g/mol. The fourth-order valence-electron chi connectivity index (χ4n) is 4.28. The van der Waals surface area contributed by atoms with E-state index in [4.69, 9.17) is 4.42 Å². The largest absolute Gasteiger partial charge is 0.461 e. The van der Waals surface area contributed by atoms with Crippen LogP contribution in [0.5, 0.6) is 0 Å². The van der Waals surface area contributed by atoms with Gasteiger partial charge in [-0.15, -0.1) is 0 Å². The highest BCUT2D eigenvalue weighted by molar-refractivity contribution is 6.05. The van der Waals surface area contributed by atoms with Gasteiger partial charge in [0.15, 0.2) is 0 Å². The smallest absolute Gasteiger partial charge is 0.257 e. The second-order valence-electron chi connectivity index (χ2n) is 7.40. The van der Waals surface area contributed by atoms with Crippen LogP contribution in [0.4, 0.5) is 0 Å². The maximum Gasteiger partial charge on any atom is 0.257 e. The first-order chi connectivity index (χ1) is 12.1. The number of para-hydroxylation sites is 1. The Kier molecular flexibility index (Phi) is 4.52. The number of furan rings is 1. The van der Waals surface area contributed by atoms with Crippen LogP contribution in [0.2, 0.25) is 0 Å². The standard InChI is InChI=1S/C20H26N2O3/c1-14-12-15-4-2-6-18(19(15)25-14)20(24)21-10-7-16(8-11-21)22-9-3-5-17(23)13-22/h2,4,6,12,16-17,23H,3,5,7-11,13H2,1H3/t17-/m1/s1. The summed E-state index contributed by atoms with van der Waals surface area (Å²) in [6.45, 7) is 5.30. The highest BCUT2D eigenvalue weighted by Gasteiger charge is 2.30. The number of β-amino-alcohol motifs (C(OH)–C–C–N with tert-alkyl or cyclic N) is 1. The van der Waals surface area contributed by atoms with Crippen molar-refractivity contribution in [2.24, 2.45) is 0 Å². The lowest BCUT2D eigenvalue weighted by molar-refractivity contribution is 0.0241. The summed E-state index contributed by atoms with van der Waals surface area (Å²) in [5.74, 6) is 0.898. The summed E-state index contributed by atoms with van der Waals surface area (Å²) < 4.78 is 5.76. The summed E-state index contributed by atoms with van der Waals surface area (Å²) in [5, 5.41) is 10.9. The van der Waals surface area contributed by atoms with Crippen molar-refractivity contribution in [3.8, 4) is 0 Å². The Morgan fingerprint density at radius 1 is 1.20 bits per heavy atom. The summed E-state index contributed by atoms with van der Waals surface area (Å²) in [7, 11) is 0. The predicted molar refractivity (Wildman–Crippen MR) is 96.7 cm³/mol. The van der Waals surface area contributed by atoms with Crippen molar-refractivity contribution < 1.29 is 14.3 Å². The number of hydrogen-bond acceptors (Lipinski definition) is 4. The predicted octanol–water partition coefficient (Wildman–Crippen LogP) is 2.80. The molecule has 2 aliphatic heterocycles. The minimum absolute atomic E-state index is 0.0667. The molecule has 0 spiro atoms. The number of carbonyl (C=O) groups excluding carboxylic acids is 1. The summed E-state index contributed by atoms with van der Waals surface area (Å²) in [6.07, 6.45) is 3.76.